The van der Waals surface area contributed by atoms with Crippen molar-refractivity contribution in [3.8, 4) is 11.5 Å². The average molecular weight is 192 g/mol. The van der Waals surface area contributed by atoms with Crippen LogP contribution in [0.3, 0.4) is 0 Å². The summed E-state index contributed by atoms with van der Waals surface area (Å²) in [5, 5.41) is 0. The third-order valence-corrected chi connectivity index (χ3v) is 1.64. The number of rotatable bonds is 4. The van der Waals surface area contributed by atoms with Gasteiger partial charge in [0.1, 0.15) is 23.5 Å². The number of carbonyl (C=O) groups excluding carboxylic acids is 1. The SMILES string of the molecule is COc1ccc(O/C(C)=C/C=O)cc1. The maximum absolute atomic E-state index is 10.1. The molecule has 0 radical (unpaired) electrons. The van der Waals surface area contributed by atoms with Crippen LogP contribution >= 0.6 is 0 Å². The summed E-state index contributed by atoms with van der Waals surface area (Å²) in [7, 11) is 1.60. The van der Waals surface area contributed by atoms with E-state index in [1.54, 1.807) is 38.3 Å². The molecule has 0 unspecified atom stereocenters. The highest BCUT2D eigenvalue weighted by Gasteiger charge is 1.95. The van der Waals surface area contributed by atoms with E-state index in [0.29, 0.717) is 17.8 Å². The van der Waals surface area contributed by atoms with Crippen LogP contribution in [0.25, 0.3) is 0 Å². The first-order valence-corrected chi connectivity index (χ1v) is 4.20. The summed E-state index contributed by atoms with van der Waals surface area (Å²) in [5.74, 6) is 2.01. The molecule has 0 aliphatic rings. The van der Waals surface area contributed by atoms with Gasteiger partial charge >= 0.3 is 0 Å². The highest BCUT2D eigenvalue weighted by Crippen LogP contribution is 2.18. The van der Waals surface area contributed by atoms with Crippen LogP contribution in [0.15, 0.2) is 36.1 Å². The fourth-order valence-electron chi connectivity index (χ4n) is 0.960. The Hall–Kier alpha value is -1.77. The van der Waals surface area contributed by atoms with Crippen LogP contribution < -0.4 is 9.47 Å². The van der Waals surface area contributed by atoms with E-state index >= 15 is 0 Å². The average Bonchev–Trinajstić information content (AvgIpc) is 2.19. The number of methoxy groups -OCH3 is 1. The zero-order valence-corrected chi connectivity index (χ0v) is 8.19. The summed E-state index contributed by atoms with van der Waals surface area (Å²) in [6.45, 7) is 1.72. The minimum Gasteiger partial charge on any atom is -0.497 e. The largest absolute Gasteiger partial charge is 0.497 e. The first-order valence-electron chi connectivity index (χ1n) is 4.20. The number of carbonyl (C=O) groups is 1. The fraction of sp³-hybridized carbons (Fsp3) is 0.182. The second-order valence-electron chi connectivity index (χ2n) is 2.69. The maximum Gasteiger partial charge on any atom is 0.146 e. The molecule has 3 heteroatoms. The normalized spacial score (nSPS) is 10.9. The van der Waals surface area contributed by atoms with Crippen molar-refractivity contribution in [2.24, 2.45) is 0 Å². The molecule has 0 saturated heterocycles. The molecule has 0 aliphatic carbocycles. The Bertz CT molecular complexity index is 325. The number of hydrogen-bond donors (Lipinski definition) is 0. The predicted molar refractivity (Wildman–Crippen MR) is 53.4 cm³/mol. The summed E-state index contributed by atoms with van der Waals surface area (Å²) >= 11 is 0. The van der Waals surface area contributed by atoms with Gasteiger partial charge in [0.2, 0.25) is 0 Å². The van der Waals surface area contributed by atoms with Crippen molar-refractivity contribution >= 4 is 6.29 Å². The van der Waals surface area contributed by atoms with Crippen LogP contribution in [0.1, 0.15) is 6.92 Å². The molecule has 0 spiro atoms. The van der Waals surface area contributed by atoms with Gasteiger partial charge in [-0.15, -0.1) is 0 Å². The van der Waals surface area contributed by atoms with Crippen molar-refractivity contribution in [2.45, 2.75) is 6.92 Å². The van der Waals surface area contributed by atoms with E-state index in [1.165, 1.54) is 6.08 Å². The lowest BCUT2D eigenvalue weighted by atomic mass is 10.3. The zero-order valence-electron chi connectivity index (χ0n) is 8.19. The molecule has 0 atom stereocenters. The summed E-state index contributed by atoms with van der Waals surface area (Å²) in [5.41, 5.74) is 0. The van der Waals surface area contributed by atoms with Gasteiger partial charge in [0, 0.05) is 6.08 Å². The Balaban J connectivity index is 2.68. The Kier molecular flexibility index (Phi) is 3.73. The summed E-state index contributed by atoms with van der Waals surface area (Å²) in [6.07, 6.45) is 2.06. The lowest BCUT2D eigenvalue weighted by molar-refractivity contribution is -0.104. The minimum absolute atomic E-state index is 0.560. The van der Waals surface area contributed by atoms with E-state index in [-0.39, 0.29) is 0 Å². The van der Waals surface area contributed by atoms with E-state index in [1.807, 2.05) is 0 Å². The summed E-state index contributed by atoms with van der Waals surface area (Å²) in [4.78, 5) is 10.1. The van der Waals surface area contributed by atoms with Gasteiger partial charge < -0.3 is 9.47 Å². The molecule has 1 aromatic carbocycles. The van der Waals surface area contributed by atoms with Crippen LogP contribution in [0.4, 0.5) is 0 Å². The van der Waals surface area contributed by atoms with E-state index in [4.69, 9.17) is 9.47 Å². The summed E-state index contributed by atoms with van der Waals surface area (Å²) in [6, 6.07) is 7.15. The van der Waals surface area contributed by atoms with Crippen LogP contribution in [0, 0.1) is 0 Å². The molecule has 3 nitrogen and oxygen atoms in total. The highest BCUT2D eigenvalue weighted by molar-refractivity contribution is 5.65. The third kappa shape index (κ3) is 2.94. The Morgan fingerprint density at radius 1 is 1.21 bits per heavy atom. The van der Waals surface area contributed by atoms with Crippen molar-refractivity contribution in [3.05, 3.63) is 36.1 Å². The van der Waals surface area contributed by atoms with Crippen LogP contribution in [-0.4, -0.2) is 13.4 Å². The van der Waals surface area contributed by atoms with Gasteiger partial charge in [0.05, 0.1) is 7.11 Å². The molecule has 0 amide bonds. The molecule has 0 bridgehead atoms. The monoisotopic (exact) mass is 192 g/mol. The van der Waals surface area contributed by atoms with E-state index in [9.17, 15) is 4.79 Å². The van der Waals surface area contributed by atoms with E-state index < -0.39 is 0 Å². The molecule has 14 heavy (non-hydrogen) atoms. The molecule has 0 fully saturated rings. The van der Waals surface area contributed by atoms with Gasteiger partial charge in [-0.25, -0.2) is 0 Å². The number of ether oxygens (including phenoxy) is 2. The number of aldehydes is 1. The number of benzene rings is 1. The molecule has 74 valence electrons. The van der Waals surface area contributed by atoms with Crippen molar-refractivity contribution in [3.63, 3.8) is 0 Å². The first kappa shape index (κ1) is 10.3. The Morgan fingerprint density at radius 2 is 1.79 bits per heavy atom. The van der Waals surface area contributed by atoms with Crippen LogP contribution in [-0.2, 0) is 4.79 Å². The Morgan fingerprint density at radius 3 is 2.29 bits per heavy atom. The van der Waals surface area contributed by atoms with Gasteiger partial charge in [0.25, 0.3) is 0 Å². The quantitative estimate of drug-likeness (QED) is 0.416. The number of allylic oxidation sites excluding steroid dienone is 2. The number of hydrogen-bond acceptors (Lipinski definition) is 3. The van der Waals surface area contributed by atoms with E-state index in [2.05, 4.69) is 0 Å². The molecule has 0 heterocycles. The topological polar surface area (TPSA) is 35.5 Å². The lowest BCUT2D eigenvalue weighted by Gasteiger charge is -2.05. The molecule has 0 aliphatic heterocycles. The predicted octanol–water partition coefficient (Wildman–Crippen LogP) is 2.18. The van der Waals surface area contributed by atoms with Crippen molar-refractivity contribution in [1.82, 2.24) is 0 Å². The molecular weight excluding hydrogens is 180 g/mol. The fourth-order valence-corrected chi connectivity index (χ4v) is 0.960. The summed E-state index contributed by atoms with van der Waals surface area (Å²) < 4.78 is 10.3. The van der Waals surface area contributed by atoms with Crippen molar-refractivity contribution < 1.29 is 14.3 Å². The highest BCUT2D eigenvalue weighted by atomic mass is 16.5. The molecular formula is C11H12O3. The molecule has 0 saturated carbocycles. The zero-order chi connectivity index (χ0) is 10.4. The van der Waals surface area contributed by atoms with Gasteiger partial charge in [-0.3, -0.25) is 4.79 Å². The van der Waals surface area contributed by atoms with Gasteiger partial charge in [-0.2, -0.15) is 0 Å². The second kappa shape index (κ2) is 5.07. The van der Waals surface area contributed by atoms with Crippen LogP contribution in [0.5, 0.6) is 11.5 Å². The Labute approximate surface area is 83.0 Å². The standard InChI is InChI=1S/C11H12O3/c1-9(7-8-12)14-11-5-3-10(13-2)4-6-11/h3-8H,1-2H3/b9-7+. The minimum atomic E-state index is 0.560. The third-order valence-electron chi connectivity index (χ3n) is 1.64. The molecule has 1 rings (SSSR count). The molecule has 0 N–H and O–H groups in total. The smallest absolute Gasteiger partial charge is 0.146 e. The molecule has 0 aromatic heterocycles. The maximum atomic E-state index is 10.1. The van der Waals surface area contributed by atoms with E-state index in [0.717, 1.165) is 5.75 Å². The molecule has 1 aromatic rings. The lowest BCUT2D eigenvalue weighted by Crippen LogP contribution is -1.91. The van der Waals surface area contributed by atoms with Gasteiger partial charge in [-0.1, -0.05) is 0 Å². The van der Waals surface area contributed by atoms with Crippen LogP contribution in [0.2, 0.25) is 0 Å². The second-order valence-corrected chi connectivity index (χ2v) is 2.69. The van der Waals surface area contributed by atoms with Crippen molar-refractivity contribution in [1.29, 1.82) is 0 Å². The van der Waals surface area contributed by atoms with Gasteiger partial charge in [0.15, 0.2) is 0 Å². The van der Waals surface area contributed by atoms with Crippen molar-refractivity contribution in [2.75, 3.05) is 7.11 Å². The van der Waals surface area contributed by atoms with Gasteiger partial charge in [-0.05, 0) is 31.2 Å². The first-order chi connectivity index (χ1) is 6.76.